The van der Waals surface area contributed by atoms with Gasteiger partial charge in [-0.25, -0.2) is 0 Å². The maximum absolute atomic E-state index is 5.77. The highest BCUT2D eigenvalue weighted by Gasteiger charge is 2.26. The Bertz CT molecular complexity index is 110. The molecular formula is C9H21O2Si. The van der Waals surface area contributed by atoms with Gasteiger partial charge in [0.25, 0.3) is 0 Å². The summed E-state index contributed by atoms with van der Waals surface area (Å²) in [6, 6.07) is 1.16. The first-order valence-corrected chi connectivity index (χ1v) is 6.12. The summed E-state index contributed by atoms with van der Waals surface area (Å²) in [5, 5.41) is 0.340. The van der Waals surface area contributed by atoms with E-state index >= 15 is 0 Å². The molecule has 0 saturated heterocycles. The molecule has 12 heavy (non-hydrogen) atoms. The number of rotatable bonds is 5. The van der Waals surface area contributed by atoms with Crippen molar-refractivity contribution in [3.8, 4) is 0 Å². The van der Waals surface area contributed by atoms with Gasteiger partial charge in [0.15, 0.2) is 0 Å². The van der Waals surface area contributed by atoms with E-state index in [0.717, 1.165) is 12.7 Å². The zero-order chi connectivity index (χ0) is 9.61. The molecule has 0 aromatic carbocycles. The number of hydrogen-bond acceptors (Lipinski definition) is 2. The summed E-state index contributed by atoms with van der Waals surface area (Å²) in [6.45, 7) is 10.4. The quantitative estimate of drug-likeness (QED) is 0.488. The minimum atomic E-state index is -0.652. The molecule has 0 aliphatic carbocycles. The molecule has 0 saturated carbocycles. The monoisotopic (exact) mass is 189 g/mol. The van der Waals surface area contributed by atoms with Crippen LogP contribution in [0, 0.1) is 0 Å². The highest BCUT2D eigenvalue weighted by molar-refractivity contribution is 6.55. The predicted octanol–water partition coefficient (Wildman–Crippen LogP) is 2.46. The lowest BCUT2D eigenvalue weighted by molar-refractivity contribution is 0.142. The highest BCUT2D eigenvalue weighted by atomic mass is 28.3. The molecule has 0 bridgehead atoms. The molecule has 1 radical (unpaired) electrons. The van der Waals surface area contributed by atoms with Gasteiger partial charge in [-0.05, 0) is 11.1 Å². The fourth-order valence-corrected chi connectivity index (χ4v) is 3.12. The molecule has 0 N–H and O–H groups in total. The van der Waals surface area contributed by atoms with Gasteiger partial charge in [-0.2, -0.15) is 0 Å². The topological polar surface area (TPSA) is 18.5 Å². The average Bonchev–Trinajstić information content (AvgIpc) is 1.95. The van der Waals surface area contributed by atoms with Crippen LogP contribution in [0.4, 0.5) is 0 Å². The SMILES string of the molecule is CC[Si](OCCOC)C(C)(C)C. The summed E-state index contributed by atoms with van der Waals surface area (Å²) >= 11 is 0. The van der Waals surface area contributed by atoms with Crippen LogP contribution in [0.15, 0.2) is 0 Å². The van der Waals surface area contributed by atoms with E-state index in [0.29, 0.717) is 11.6 Å². The Labute approximate surface area is 78.0 Å². The van der Waals surface area contributed by atoms with Crippen LogP contribution >= 0.6 is 0 Å². The molecule has 0 rings (SSSR count). The van der Waals surface area contributed by atoms with Crippen LogP contribution in [0.2, 0.25) is 11.1 Å². The van der Waals surface area contributed by atoms with Gasteiger partial charge in [0.1, 0.15) is 0 Å². The van der Waals surface area contributed by atoms with Crippen LogP contribution in [0.3, 0.4) is 0 Å². The second-order valence-corrected chi connectivity index (χ2v) is 7.21. The molecule has 0 amide bonds. The second-order valence-electron chi connectivity index (χ2n) is 3.87. The van der Waals surface area contributed by atoms with Crippen molar-refractivity contribution >= 4 is 9.04 Å². The molecular weight excluding hydrogens is 168 g/mol. The van der Waals surface area contributed by atoms with E-state index in [-0.39, 0.29) is 0 Å². The van der Waals surface area contributed by atoms with Crippen LogP contribution in [-0.2, 0) is 9.16 Å². The van der Waals surface area contributed by atoms with Gasteiger partial charge < -0.3 is 9.16 Å². The zero-order valence-electron chi connectivity index (χ0n) is 8.94. The van der Waals surface area contributed by atoms with Gasteiger partial charge in [0.05, 0.1) is 13.2 Å². The fraction of sp³-hybridized carbons (Fsp3) is 1.00. The molecule has 0 atom stereocenters. The van der Waals surface area contributed by atoms with E-state index in [4.69, 9.17) is 9.16 Å². The van der Waals surface area contributed by atoms with Gasteiger partial charge >= 0.3 is 0 Å². The molecule has 0 spiro atoms. The summed E-state index contributed by atoms with van der Waals surface area (Å²) in [4.78, 5) is 0. The molecule has 0 aromatic rings. The molecule has 0 aromatic heterocycles. The third-order valence-electron chi connectivity index (χ3n) is 1.72. The largest absolute Gasteiger partial charge is 0.414 e. The third-order valence-corrected chi connectivity index (χ3v) is 4.59. The van der Waals surface area contributed by atoms with Crippen molar-refractivity contribution in [3.63, 3.8) is 0 Å². The Kier molecular flexibility index (Phi) is 5.79. The first-order chi connectivity index (χ1) is 5.52. The zero-order valence-corrected chi connectivity index (χ0v) is 9.94. The normalized spacial score (nSPS) is 12.5. The van der Waals surface area contributed by atoms with E-state index in [9.17, 15) is 0 Å². The Morgan fingerprint density at radius 3 is 2.08 bits per heavy atom. The molecule has 73 valence electrons. The minimum Gasteiger partial charge on any atom is -0.414 e. The van der Waals surface area contributed by atoms with Crippen molar-refractivity contribution in [2.45, 2.75) is 38.8 Å². The average molecular weight is 189 g/mol. The number of ether oxygens (including phenoxy) is 1. The number of hydrogen-bond donors (Lipinski definition) is 0. The van der Waals surface area contributed by atoms with Gasteiger partial charge in [0.2, 0.25) is 9.04 Å². The van der Waals surface area contributed by atoms with Crippen LogP contribution in [0.25, 0.3) is 0 Å². The Morgan fingerprint density at radius 2 is 1.75 bits per heavy atom. The van der Waals surface area contributed by atoms with Crippen LogP contribution < -0.4 is 0 Å². The lowest BCUT2D eigenvalue weighted by Gasteiger charge is -2.26. The van der Waals surface area contributed by atoms with Gasteiger partial charge in [0, 0.05) is 7.11 Å². The standard InChI is InChI=1S/C9H21O2Si/c1-6-12(9(2,3)4)11-8-7-10-5/h6-8H2,1-5H3. The van der Waals surface area contributed by atoms with Gasteiger partial charge in [-0.1, -0.05) is 27.7 Å². The summed E-state index contributed by atoms with van der Waals surface area (Å²) in [6.07, 6.45) is 0. The fourth-order valence-electron chi connectivity index (χ4n) is 1.10. The molecule has 2 nitrogen and oxygen atoms in total. The Morgan fingerprint density at radius 1 is 1.17 bits per heavy atom. The Balaban J connectivity index is 3.68. The smallest absolute Gasteiger partial charge is 0.216 e. The molecule has 0 aliphatic rings. The Hall–Kier alpha value is 0.137. The van der Waals surface area contributed by atoms with Crippen molar-refractivity contribution in [1.29, 1.82) is 0 Å². The highest BCUT2D eigenvalue weighted by Crippen LogP contribution is 2.29. The lowest BCUT2D eigenvalue weighted by Crippen LogP contribution is -2.29. The summed E-state index contributed by atoms with van der Waals surface area (Å²) in [5.74, 6) is 0. The third kappa shape index (κ3) is 4.90. The van der Waals surface area contributed by atoms with E-state index in [1.807, 2.05) is 0 Å². The summed E-state index contributed by atoms with van der Waals surface area (Å²) in [7, 11) is 1.06. The van der Waals surface area contributed by atoms with Crippen molar-refractivity contribution in [3.05, 3.63) is 0 Å². The van der Waals surface area contributed by atoms with E-state index in [2.05, 4.69) is 27.7 Å². The maximum atomic E-state index is 5.77. The van der Waals surface area contributed by atoms with Crippen LogP contribution in [0.5, 0.6) is 0 Å². The van der Waals surface area contributed by atoms with Gasteiger partial charge in [-0.15, -0.1) is 0 Å². The maximum Gasteiger partial charge on any atom is 0.216 e. The summed E-state index contributed by atoms with van der Waals surface area (Å²) in [5.41, 5.74) is 0. The summed E-state index contributed by atoms with van der Waals surface area (Å²) < 4.78 is 10.7. The van der Waals surface area contributed by atoms with E-state index in [1.165, 1.54) is 0 Å². The molecule has 3 heteroatoms. The molecule has 0 aliphatic heterocycles. The van der Waals surface area contributed by atoms with Crippen LogP contribution in [-0.4, -0.2) is 29.4 Å². The molecule has 0 fully saturated rings. The van der Waals surface area contributed by atoms with E-state index in [1.54, 1.807) is 7.11 Å². The first kappa shape index (κ1) is 12.1. The van der Waals surface area contributed by atoms with Crippen molar-refractivity contribution in [2.75, 3.05) is 20.3 Å². The first-order valence-electron chi connectivity index (χ1n) is 4.50. The molecule has 0 unspecified atom stereocenters. The van der Waals surface area contributed by atoms with Crippen LogP contribution in [0.1, 0.15) is 27.7 Å². The minimum absolute atomic E-state index is 0.340. The lowest BCUT2D eigenvalue weighted by atomic mass is 10.2. The van der Waals surface area contributed by atoms with Crippen molar-refractivity contribution < 1.29 is 9.16 Å². The van der Waals surface area contributed by atoms with Gasteiger partial charge in [-0.3, -0.25) is 0 Å². The second kappa shape index (κ2) is 5.73. The van der Waals surface area contributed by atoms with Crippen molar-refractivity contribution in [1.82, 2.24) is 0 Å². The predicted molar refractivity (Wildman–Crippen MR) is 53.8 cm³/mol. The molecule has 0 heterocycles. The number of methoxy groups -OCH3 is 1. The van der Waals surface area contributed by atoms with E-state index < -0.39 is 9.04 Å². The van der Waals surface area contributed by atoms with Crippen molar-refractivity contribution in [2.24, 2.45) is 0 Å².